The maximum Gasteiger partial charge on any atom is 0.239 e. The van der Waals surface area contributed by atoms with Gasteiger partial charge in [0.2, 0.25) is 17.5 Å². The Morgan fingerprint density at radius 3 is 2.42 bits per heavy atom. The predicted octanol–water partition coefficient (Wildman–Crippen LogP) is -0.537. The summed E-state index contributed by atoms with van der Waals surface area (Å²) in [7, 11) is 0. The summed E-state index contributed by atoms with van der Waals surface area (Å²) in [5.74, 6) is -3.13. The van der Waals surface area contributed by atoms with Crippen molar-refractivity contribution in [3.63, 3.8) is 0 Å². The van der Waals surface area contributed by atoms with Gasteiger partial charge >= 0.3 is 0 Å². The minimum atomic E-state index is -2.55. The monoisotopic (exact) mass is 464 g/mol. The zero-order valence-electron chi connectivity index (χ0n) is 16.7. The Labute approximate surface area is 184 Å². The average Bonchev–Trinajstić information content (AvgIpc) is 2.76. The number of benzene rings is 2. The lowest BCUT2D eigenvalue weighted by molar-refractivity contribution is -0.301. The van der Waals surface area contributed by atoms with Crippen LogP contribution in [0.2, 0.25) is 0 Å². The van der Waals surface area contributed by atoms with Gasteiger partial charge in [0.25, 0.3) is 0 Å². The van der Waals surface area contributed by atoms with Gasteiger partial charge < -0.3 is 54.7 Å². The summed E-state index contributed by atoms with van der Waals surface area (Å²) in [5, 5.41) is 79.3. The van der Waals surface area contributed by atoms with Gasteiger partial charge in [-0.3, -0.25) is 4.79 Å². The number of phenolic OH excluding ortho intramolecular Hbond substituents is 4. The van der Waals surface area contributed by atoms with Crippen LogP contribution < -0.4 is 10.2 Å². The van der Waals surface area contributed by atoms with E-state index in [0.29, 0.717) is 0 Å². The molecular formula is C21H20O12. The van der Waals surface area contributed by atoms with E-state index in [4.69, 9.17) is 13.9 Å². The molecule has 1 aromatic heterocycles. The van der Waals surface area contributed by atoms with Crippen molar-refractivity contribution in [2.24, 2.45) is 0 Å². The zero-order chi connectivity index (χ0) is 24.1. The average molecular weight is 464 g/mol. The van der Waals surface area contributed by atoms with Gasteiger partial charge in [0.1, 0.15) is 34.7 Å². The Bertz CT molecular complexity index is 1270. The molecule has 1 aliphatic heterocycles. The van der Waals surface area contributed by atoms with E-state index in [1.165, 1.54) is 6.07 Å². The smallest absolute Gasteiger partial charge is 0.239 e. The molecular weight excluding hydrogens is 444 g/mol. The van der Waals surface area contributed by atoms with Crippen LogP contribution in [0.4, 0.5) is 0 Å². The van der Waals surface area contributed by atoms with E-state index in [0.717, 1.165) is 24.3 Å². The first kappa shape index (κ1) is 22.6. The third kappa shape index (κ3) is 3.69. The fourth-order valence-corrected chi connectivity index (χ4v) is 3.54. The second kappa shape index (κ2) is 8.10. The first-order chi connectivity index (χ1) is 15.6. The maximum atomic E-state index is 13.3. The largest absolute Gasteiger partial charge is 0.508 e. The highest BCUT2D eigenvalue weighted by Gasteiger charge is 2.53. The SMILES string of the molecule is O=c1c(OC2OCC(O)C(O)C2(O)CO)c(-c2ccc(O)c(O)c2)oc2cc(O)cc(O)c12. The summed E-state index contributed by atoms with van der Waals surface area (Å²) >= 11 is 0. The highest BCUT2D eigenvalue weighted by Crippen LogP contribution is 2.39. The lowest BCUT2D eigenvalue weighted by Crippen LogP contribution is -2.66. The molecule has 176 valence electrons. The molecule has 2 aromatic carbocycles. The maximum absolute atomic E-state index is 13.3. The summed E-state index contributed by atoms with van der Waals surface area (Å²) < 4.78 is 16.4. The molecule has 0 radical (unpaired) electrons. The Hall–Kier alpha value is -3.55. The van der Waals surface area contributed by atoms with Crippen molar-refractivity contribution in [2.45, 2.75) is 24.1 Å². The van der Waals surface area contributed by atoms with Crippen LogP contribution in [0.5, 0.6) is 28.7 Å². The van der Waals surface area contributed by atoms with Gasteiger partial charge in [-0.25, -0.2) is 0 Å². The van der Waals surface area contributed by atoms with Crippen LogP contribution in [0.25, 0.3) is 22.3 Å². The summed E-state index contributed by atoms with van der Waals surface area (Å²) in [6, 6.07) is 5.32. The van der Waals surface area contributed by atoms with Crippen molar-refractivity contribution in [3.8, 4) is 40.1 Å². The molecule has 3 aromatic rings. The van der Waals surface area contributed by atoms with Gasteiger partial charge in [-0.05, 0) is 18.2 Å². The van der Waals surface area contributed by atoms with Crippen LogP contribution in [0, 0.1) is 0 Å². The topological polar surface area (TPSA) is 211 Å². The summed E-state index contributed by atoms with van der Waals surface area (Å²) in [5.41, 5.74) is -3.79. The Morgan fingerprint density at radius 1 is 1.03 bits per heavy atom. The third-order valence-electron chi connectivity index (χ3n) is 5.34. The van der Waals surface area contributed by atoms with Crippen LogP contribution in [0.1, 0.15) is 0 Å². The number of aromatic hydroxyl groups is 4. The van der Waals surface area contributed by atoms with Crippen molar-refractivity contribution in [1.82, 2.24) is 0 Å². The van der Waals surface area contributed by atoms with E-state index in [-0.39, 0.29) is 16.9 Å². The van der Waals surface area contributed by atoms with E-state index in [1.807, 2.05) is 0 Å². The van der Waals surface area contributed by atoms with E-state index in [1.54, 1.807) is 0 Å². The van der Waals surface area contributed by atoms with E-state index in [2.05, 4.69) is 0 Å². The number of hydrogen-bond acceptors (Lipinski definition) is 12. The zero-order valence-corrected chi connectivity index (χ0v) is 16.7. The highest BCUT2D eigenvalue weighted by atomic mass is 16.7. The molecule has 0 bridgehead atoms. The van der Waals surface area contributed by atoms with E-state index >= 15 is 0 Å². The molecule has 12 heteroatoms. The molecule has 0 aliphatic carbocycles. The normalized spacial score (nSPS) is 25.3. The number of fused-ring (bicyclic) bond motifs is 1. The Balaban J connectivity index is 1.95. The molecule has 0 amide bonds. The molecule has 12 nitrogen and oxygen atoms in total. The molecule has 1 fully saturated rings. The lowest BCUT2D eigenvalue weighted by atomic mass is 9.90. The van der Waals surface area contributed by atoms with Gasteiger partial charge in [0.15, 0.2) is 22.9 Å². The van der Waals surface area contributed by atoms with Crippen molar-refractivity contribution < 1.29 is 54.7 Å². The number of hydrogen-bond donors (Lipinski definition) is 8. The van der Waals surface area contributed by atoms with Gasteiger partial charge in [-0.2, -0.15) is 0 Å². The van der Waals surface area contributed by atoms with Crippen LogP contribution in [0.3, 0.4) is 0 Å². The molecule has 0 spiro atoms. The molecule has 4 rings (SSSR count). The third-order valence-corrected chi connectivity index (χ3v) is 5.34. The van der Waals surface area contributed by atoms with Crippen molar-refractivity contribution >= 4 is 11.0 Å². The summed E-state index contributed by atoms with van der Waals surface area (Å²) in [6.45, 7) is -1.63. The van der Waals surface area contributed by atoms with E-state index in [9.17, 15) is 45.6 Å². The van der Waals surface area contributed by atoms with Crippen LogP contribution in [-0.2, 0) is 4.74 Å². The standard InChI is InChI=1S/C21H20O12/c22-7-21(30)19(29)13(27)6-31-20(21)33-18-16(28)15-12(26)4-9(23)5-14(15)32-17(18)8-1-2-10(24)11(25)3-8/h1-5,13,19-20,22-27,29-30H,6-7H2. The first-order valence-corrected chi connectivity index (χ1v) is 9.59. The quantitative estimate of drug-likeness (QED) is 0.229. The lowest BCUT2D eigenvalue weighted by Gasteiger charge is -2.43. The molecule has 8 N–H and O–H groups in total. The molecule has 4 atom stereocenters. The van der Waals surface area contributed by atoms with Crippen LogP contribution in [-0.4, -0.2) is 78.2 Å². The Kier molecular flexibility index (Phi) is 5.56. The number of aliphatic hydroxyl groups excluding tert-OH is 3. The summed E-state index contributed by atoms with van der Waals surface area (Å²) in [6.07, 6.45) is -5.33. The highest BCUT2D eigenvalue weighted by molar-refractivity contribution is 5.88. The first-order valence-electron chi connectivity index (χ1n) is 9.59. The molecule has 1 aliphatic rings. The number of phenols is 4. The van der Waals surface area contributed by atoms with Gasteiger partial charge in [0, 0.05) is 17.7 Å². The minimum Gasteiger partial charge on any atom is -0.508 e. The van der Waals surface area contributed by atoms with E-state index < -0.39 is 76.9 Å². The van der Waals surface area contributed by atoms with Crippen LogP contribution in [0.15, 0.2) is 39.5 Å². The molecule has 2 heterocycles. The summed E-state index contributed by atoms with van der Waals surface area (Å²) in [4.78, 5) is 13.3. The van der Waals surface area contributed by atoms with Gasteiger partial charge in [-0.15, -0.1) is 0 Å². The predicted molar refractivity (Wildman–Crippen MR) is 109 cm³/mol. The van der Waals surface area contributed by atoms with Crippen LogP contribution >= 0.6 is 0 Å². The van der Waals surface area contributed by atoms with Crippen molar-refractivity contribution in [2.75, 3.05) is 13.2 Å². The second-order valence-corrected chi connectivity index (χ2v) is 7.58. The van der Waals surface area contributed by atoms with Gasteiger partial charge in [0.05, 0.1) is 13.2 Å². The molecule has 1 saturated heterocycles. The van der Waals surface area contributed by atoms with Crippen molar-refractivity contribution in [1.29, 1.82) is 0 Å². The second-order valence-electron chi connectivity index (χ2n) is 7.58. The number of ether oxygens (including phenoxy) is 2. The number of rotatable bonds is 4. The van der Waals surface area contributed by atoms with Gasteiger partial charge in [-0.1, -0.05) is 0 Å². The fraction of sp³-hybridized carbons (Fsp3) is 0.286. The molecule has 33 heavy (non-hydrogen) atoms. The van der Waals surface area contributed by atoms with Crippen molar-refractivity contribution in [3.05, 3.63) is 40.6 Å². The fourth-order valence-electron chi connectivity index (χ4n) is 3.54. The molecule has 0 saturated carbocycles. The number of aliphatic hydroxyl groups is 4. The minimum absolute atomic E-state index is 0.00561. The molecule has 4 unspecified atom stereocenters. The Morgan fingerprint density at radius 2 is 1.76 bits per heavy atom.